The first-order valence-corrected chi connectivity index (χ1v) is 8.18. The summed E-state index contributed by atoms with van der Waals surface area (Å²) in [7, 11) is 0. The van der Waals surface area contributed by atoms with Crippen LogP contribution < -0.4 is 11.2 Å². The molecule has 1 saturated heterocycles. The van der Waals surface area contributed by atoms with Gasteiger partial charge < -0.3 is 9.47 Å². The summed E-state index contributed by atoms with van der Waals surface area (Å²) < 4.78 is 12.7. The maximum Gasteiger partial charge on any atom is 0.422 e. The lowest BCUT2D eigenvalue weighted by atomic mass is 10.1. The summed E-state index contributed by atoms with van der Waals surface area (Å²) in [6.07, 6.45) is 2.11. The van der Waals surface area contributed by atoms with Gasteiger partial charge in [-0.25, -0.2) is 18.7 Å². The van der Waals surface area contributed by atoms with Crippen LogP contribution in [-0.4, -0.2) is 28.4 Å². The van der Waals surface area contributed by atoms with Gasteiger partial charge in [0.1, 0.15) is 6.23 Å². The van der Waals surface area contributed by atoms with Crippen LogP contribution in [-0.2, 0) is 15.9 Å². The second-order valence-corrected chi connectivity index (χ2v) is 5.65. The van der Waals surface area contributed by atoms with Gasteiger partial charge in [-0.1, -0.05) is 13.8 Å². The van der Waals surface area contributed by atoms with Crippen LogP contribution in [0.4, 0.5) is 4.79 Å². The molecule has 1 fully saturated rings. The third-order valence-electron chi connectivity index (χ3n) is 4.06. The van der Waals surface area contributed by atoms with Crippen molar-refractivity contribution in [3.8, 4) is 0 Å². The molecule has 1 unspecified atom stereocenters. The van der Waals surface area contributed by atoms with Crippen molar-refractivity contribution in [2.45, 2.75) is 59.1 Å². The van der Waals surface area contributed by atoms with Crippen LogP contribution in [0.15, 0.2) is 9.59 Å². The highest BCUT2D eigenvalue weighted by Gasteiger charge is 2.26. The highest BCUT2D eigenvalue weighted by Crippen LogP contribution is 2.20. The number of aromatic nitrogens is 2. The lowest BCUT2D eigenvalue weighted by Crippen LogP contribution is -2.48. The number of ether oxygens (including phenoxy) is 2. The summed E-state index contributed by atoms with van der Waals surface area (Å²) in [4.78, 5) is 37.6. The molecule has 1 aromatic heterocycles. The van der Waals surface area contributed by atoms with Crippen LogP contribution in [0.5, 0.6) is 0 Å². The molecule has 23 heavy (non-hydrogen) atoms. The molecule has 0 spiro atoms. The van der Waals surface area contributed by atoms with E-state index in [4.69, 9.17) is 9.47 Å². The predicted octanol–water partition coefficient (Wildman–Crippen LogP) is 1.97. The fraction of sp³-hybridized carbons (Fsp3) is 0.688. The van der Waals surface area contributed by atoms with Crippen molar-refractivity contribution in [2.24, 2.45) is 0 Å². The highest BCUT2D eigenvalue weighted by molar-refractivity contribution is 5.71. The van der Waals surface area contributed by atoms with E-state index in [2.05, 4.69) is 0 Å². The number of nitrogens with zero attached hydrogens (tertiary/aromatic N) is 2. The van der Waals surface area contributed by atoms with Crippen molar-refractivity contribution < 1.29 is 14.3 Å². The van der Waals surface area contributed by atoms with E-state index in [9.17, 15) is 14.4 Å². The molecular formula is C16H24N2O5. The molecule has 0 aromatic carbocycles. The van der Waals surface area contributed by atoms with E-state index >= 15 is 0 Å². The van der Waals surface area contributed by atoms with E-state index in [1.54, 1.807) is 6.92 Å². The molecular weight excluding hydrogens is 300 g/mol. The Hall–Kier alpha value is -1.89. The molecule has 1 atom stereocenters. The number of rotatable bonds is 4. The molecule has 1 aliphatic heterocycles. The Balaban J connectivity index is 2.60. The topological polar surface area (TPSA) is 79.5 Å². The van der Waals surface area contributed by atoms with Crippen molar-refractivity contribution in [3.05, 3.63) is 32.1 Å². The molecule has 128 valence electrons. The van der Waals surface area contributed by atoms with Gasteiger partial charge in [0, 0.05) is 17.9 Å². The van der Waals surface area contributed by atoms with E-state index in [1.165, 1.54) is 0 Å². The fourth-order valence-electron chi connectivity index (χ4n) is 2.83. The average molecular weight is 324 g/mol. The predicted molar refractivity (Wildman–Crippen MR) is 85.0 cm³/mol. The first-order chi connectivity index (χ1) is 11.0. The Bertz CT molecular complexity index is 683. The fourth-order valence-corrected chi connectivity index (χ4v) is 2.83. The zero-order chi connectivity index (χ0) is 17.0. The molecule has 0 radical (unpaired) electrons. The van der Waals surface area contributed by atoms with E-state index in [-0.39, 0.29) is 12.2 Å². The van der Waals surface area contributed by atoms with Crippen molar-refractivity contribution in [2.75, 3.05) is 13.2 Å². The average Bonchev–Trinajstić information content (AvgIpc) is 2.54. The zero-order valence-corrected chi connectivity index (χ0v) is 14.0. The summed E-state index contributed by atoms with van der Waals surface area (Å²) in [5, 5.41) is 0. The third kappa shape index (κ3) is 3.39. The van der Waals surface area contributed by atoms with Crippen molar-refractivity contribution in [3.63, 3.8) is 0 Å². The van der Waals surface area contributed by atoms with E-state index in [1.807, 2.05) is 13.8 Å². The molecule has 7 heteroatoms. The maximum atomic E-state index is 12.7. The lowest BCUT2D eigenvalue weighted by molar-refractivity contribution is -0.0375. The van der Waals surface area contributed by atoms with Crippen LogP contribution in [0.25, 0.3) is 0 Å². The molecule has 0 N–H and O–H groups in total. The second kappa shape index (κ2) is 7.59. The van der Waals surface area contributed by atoms with Crippen LogP contribution in [0.2, 0.25) is 0 Å². The second-order valence-electron chi connectivity index (χ2n) is 5.65. The molecule has 1 aliphatic rings. The van der Waals surface area contributed by atoms with Crippen LogP contribution in [0.3, 0.4) is 0 Å². The Morgan fingerprint density at radius 3 is 2.61 bits per heavy atom. The SMILES string of the molecule is CCCOC(=O)n1c(C)c(CC)c(=O)n(C2CCCCO2)c1=O. The Kier molecular flexibility index (Phi) is 5.76. The number of hydrogen-bond acceptors (Lipinski definition) is 5. The number of hydrogen-bond donors (Lipinski definition) is 0. The van der Waals surface area contributed by atoms with Gasteiger partial charge in [0.15, 0.2) is 0 Å². The molecule has 0 amide bonds. The minimum atomic E-state index is -0.742. The molecule has 7 nitrogen and oxygen atoms in total. The van der Waals surface area contributed by atoms with Gasteiger partial charge in [-0.3, -0.25) is 4.79 Å². The van der Waals surface area contributed by atoms with Gasteiger partial charge in [-0.2, -0.15) is 0 Å². The maximum absolute atomic E-state index is 12.7. The molecule has 0 aliphatic carbocycles. The summed E-state index contributed by atoms with van der Waals surface area (Å²) in [5.74, 6) is 0. The Morgan fingerprint density at radius 1 is 1.30 bits per heavy atom. The quantitative estimate of drug-likeness (QED) is 0.846. The van der Waals surface area contributed by atoms with Crippen molar-refractivity contribution in [1.82, 2.24) is 9.13 Å². The largest absolute Gasteiger partial charge is 0.449 e. The van der Waals surface area contributed by atoms with Crippen molar-refractivity contribution >= 4 is 6.09 Å². The smallest absolute Gasteiger partial charge is 0.422 e. The summed E-state index contributed by atoms with van der Waals surface area (Å²) in [6, 6.07) is 0. The Morgan fingerprint density at radius 2 is 2.04 bits per heavy atom. The number of carbonyl (C=O) groups excluding carboxylic acids is 1. The Labute approximate surface area is 134 Å². The van der Waals surface area contributed by atoms with Crippen LogP contribution in [0.1, 0.15) is 57.0 Å². The van der Waals surface area contributed by atoms with Gasteiger partial charge in [-0.15, -0.1) is 0 Å². The molecule has 2 heterocycles. The first-order valence-electron chi connectivity index (χ1n) is 8.18. The van der Waals surface area contributed by atoms with Crippen LogP contribution in [0, 0.1) is 6.92 Å². The van der Waals surface area contributed by atoms with Gasteiger partial charge in [0.2, 0.25) is 0 Å². The summed E-state index contributed by atoms with van der Waals surface area (Å²) in [6.45, 7) is 6.03. The standard InChI is InChI=1S/C16H24N2O5/c1-4-9-23-16(21)17-11(3)12(5-2)14(19)18(15(17)20)13-8-6-7-10-22-13/h13H,4-10H2,1-3H3. The van der Waals surface area contributed by atoms with Gasteiger partial charge in [-0.05, 0) is 39.0 Å². The minimum absolute atomic E-state index is 0.227. The number of carbonyl (C=O) groups is 1. The monoisotopic (exact) mass is 324 g/mol. The van der Waals surface area contributed by atoms with Gasteiger partial charge >= 0.3 is 11.8 Å². The highest BCUT2D eigenvalue weighted by atomic mass is 16.6. The van der Waals surface area contributed by atoms with E-state index in [0.717, 1.165) is 22.0 Å². The minimum Gasteiger partial charge on any atom is -0.449 e. The zero-order valence-electron chi connectivity index (χ0n) is 14.0. The molecule has 0 bridgehead atoms. The third-order valence-corrected chi connectivity index (χ3v) is 4.06. The summed E-state index contributed by atoms with van der Waals surface area (Å²) in [5.41, 5.74) is -0.276. The normalized spacial score (nSPS) is 18.0. The molecule has 1 aromatic rings. The first kappa shape index (κ1) is 17.5. The van der Waals surface area contributed by atoms with Gasteiger partial charge in [0.25, 0.3) is 5.56 Å². The van der Waals surface area contributed by atoms with Crippen LogP contribution >= 0.6 is 0 Å². The van der Waals surface area contributed by atoms with Gasteiger partial charge in [0.05, 0.1) is 6.61 Å². The van der Waals surface area contributed by atoms with E-state index < -0.39 is 18.0 Å². The lowest BCUT2D eigenvalue weighted by Gasteiger charge is -2.25. The summed E-state index contributed by atoms with van der Waals surface area (Å²) >= 11 is 0. The van der Waals surface area contributed by atoms with Crippen molar-refractivity contribution in [1.29, 1.82) is 0 Å². The molecule has 0 saturated carbocycles. The molecule has 2 rings (SSSR count). The van der Waals surface area contributed by atoms with E-state index in [0.29, 0.717) is 37.1 Å².